The number of benzene rings is 1. The van der Waals surface area contributed by atoms with Crippen molar-refractivity contribution < 1.29 is 14.3 Å². The molecule has 8 heteroatoms. The van der Waals surface area contributed by atoms with Gasteiger partial charge in [0, 0.05) is 61.2 Å². The molecule has 0 spiro atoms. The third-order valence-corrected chi connectivity index (χ3v) is 6.19. The second-order valence-electron chi connectivity index (χ2n) is 8.28. The number of anilines is 2. The van der Waals surface area contributed by atoms with Crippen LogP contribution < -0.4 is 15.0 Å². The van der Waals surface area contributed by atoms with E-state index in [0.29, 0.717) is 0 Å². The van der Waals surface area contributed by atoms with Gasteiger partial charge in [-0.05, 0) is 43.9 Å². The molecule has 3 heterocycles. The van der Waals surface area contributed by atoms with Gasteiger partial charge in [0.05, 0.1) is 24.8 Å². The Bertz CT molecular complexity index is 1060. The summed E-state index contributed by atoms with van der Waals surface area (Å²) in [6.07, 6.45) is 10.1. The maximum atomic E-state index is 12.6. The van der Waals surface area contributed by atoms with E-state index >= 15 is 0 Å². The Morgan fingerprint density at radius 3 is 2.53 bits per heavy atom. The minimum Gasteiger partial charge on any atom is -0.488 e. The zero-order valence-corrected chi connectivity index (χ0v) is 17.9. The summed E-state index contributed by atoms with van der Waals surface area (Å²) in [5.41, 5.74) is 3.48. The van der Waals surface area contributed by atoms with Crippen molar-refractivity contribution in [1.29, 1.82) is 0 Å². The van der Waals surface area contributed by atoms with Gasteiger partial charge in [0.2, 0.25) is 5.91 Å². The number of carbonyl (C=O) groups is 1. The number of pyridine rings is 1. The lowest BCUT2D eigenvalue weighted by atomic mass is 9.86. The molecule has 1 aliphatic heterocycles. The van der Waals surface area contributed by atoms with Crippen LogP contribution in [-0.2, 0) is 9.53 Å². The first-order valence-corrected chi connectivity index (χ1v) is 11.2. The van der Waals surface area contributed by atoms with Crippen molar-refractivity contribution in [3.63, 3.8) is 0 Å². The molecule has 0 unspecified atom stereocenters. The molecule has 2 aromatic heterocycles. The van der Waals surface area contributed by atoms with Crippen LogP contribution in [0.5, 0.6) is 5.75 Å². The highest BCUT2D eigenvalue weighted by atomic mass is 16.5. The van der Waals surface area contributed by atoms with Crippen LogP contribution in [0.25, 0.3) is 11.0 Å². The molecule has 3 aromatic rings. The third kappa shape index (κ3) is 4.65. The predicted molar refractivity (Wildman–Crippen MR) is 122 cm³/mol. The van der Waals surface area contributed by atoms with Crippen LogP contribution in [0, 0.1) is 5.92 Å². The van der Waals surface area contributed by atoms with Gasteiger partial charge >= 0.3 is 0 Å². The highest BCUT2D eigenvalue weighted by Gasteiger charge is 2.28. The Hall–Kier alpha value is -3.26. The monoisotopic (exact) mass is 433 g/mol. The van der Waals surface area contributed by atoms with Crippen molar-refractivity contribution in [2.24, 2.45) is 5.92 Å². The molecule has 1 aromatic carbocycles. The van der Waals surface area contributed by atoms with Crippen molar-refractivity contribution in [2.45, 2.75) is 31.8 Å². The van der Waals surface area contributed by atoms with Gasteiger partial charge in [-0.2, -0.15) is 0 Å². The smallest absolute Gasteiger partial charge is 0.227 e. The molecule has 5 rings (SSSR count). The van der Waals surface area contributed by atoms with Crippen molar-refractivity contribution in [1.82, 2.24) is 15.0 Å². The molecular weight excluding hydrogens is 406 g/mol. The summed E-state index contributed by atoms with van der Waals surface area (Å²) in [5.74, 6) is 0.835. The van der Waals surface area contributed by atoms with Gasteiger partial charge in [-0.25, -0.2) is 4.98 Å². The Labute approximate surface area is 187 Å². The summed E-state index contributed by atoms with van der Waals surface area (Å²) in [5, 5.41) is 2.99. The molecular formula is C24H27N5O3. The first kappa shape index (κ1) is 20.6. The van der Waals surface area contributed by atoms with E-state index in [0.717, 1.165) is 80.1 Å². The van der Waals surface area contributed by atoms with Gasteiger partial charge in [-0.1, -0.05) is 0 Å². The normalized spacial score (nSPS) is 21.3. The Morgan fingerprint density at radius 1 is 1.00 bits per heavy atom. The Morgan fingerprint density at radius 2 is 1.75 bits per heavy atom. The fourth-order valence-electron chi connectivity index (χ4n) is 4.42. The lowest BCUT2D eigenvalue weighted by Gasteiger charge is -2.31. The summed E-state index contributed by atoms with van der Waals surface area (Å²) in [6, 6.07) is 7.76. The lowest BCUT2D eigenvalue weighted by molar-refractivity contribution is -0.121. The molecule has 1 saturated carbocycles. The van der Waals surface area contributed by atoms with Gasteiger partial charge < -0.3 is 19.7 Å². The first-order chi connectivity index (χ1) is 15.8. The highest BCUT2D eigenvalue weighted by Crippen LogP contribution is 2.34. The quantitative estimate of drug-likeness (QED) is 0.659. The molecule has 1 aliphatic carbocycles. The molecule has 0 bridgehead atoms. The molecule has 0 atom stereocenters. The van der Waals surface area contributed by atoms with E-state index in [9.17, 15) is 4.79 Å². The van der Waals surface area contributed by atoms with Crippen LogP contribution in [0.4, 0.5) is 11.4 Å². The third-order valence-electron chi connectivity index (χ3n) is 6.19. The number of amides is 1. The number of morpholine rings is 1. The number of carbonyl (C=O) groups excluding carboxylic acids is 1. The molecule has 1 amide bonds. The highest BCUT2D eigenvalue weighted by molar-refractivity contribution is 5.92. The topological polar surface area (TPSA) is 89.5 Å². The molecule has 2 aliphatic rings. The second-order valence-corrected chi connectivity index (χ2v) is 8.28. The van der Waals surface area contributed by atoms with Crippen LogP contribution >= 0.6 is 0 Å². The van der Waals surface area contributed by atoms with Crippen LogP contribution in [0.1, 0.15) is 25.7 Å². The fourth-order valence-corrected chi connectivity index (χ4v) is 4.42. The number of hydrogen-bond donors (Lipinski definition) is 1. The molecule has 166 valence electrons. The largest absolute Gasteiger partial charge is 0.488 e. The molecule has 1 N–H and O–H groups in total. The number of rotatable bonds is 5. The summed E-state index contributed by atoms with van der Waals surface area (Å²) in [7, 11) is 0. The average Bonchev–Trinajstić information content (AvgIpc) is 2.85. The predicted octanol–water partition coefficient (Wildman–Crippen LogP) is 3.44. The van der Waals surface area contributed by atoms with Gasteiger partial charge in [-0.3, -0.25) is 14.8 Å². The molecule has 1 saturated heterocycles. The summed E-state index contributed by atoms with van der Waals surface area (Å²) >= 11 is 0. The number of nitrogens with one attached hydrogen (secondary N) is 1. The SMILES string of the molecule is O=C(Nc1ccncc1)[C@H]1CC[C@@H](Oc2cc(N3CCOCC3)cc3nccnc23)CC1. The van der Waals surface area contributed by atoms with E-state index in [1.54, 1.807) is 36.9 Å². The number of hydrogen-bond acceptors (Lipinski definition) is 7. The minimum absolute atomic E-state index is 0.000708. The summed E-state index contributed by atoms with van der Waals surface area (Å²) < 4.78 is 11.9. The minimum atomic E-state index is -0.000708. The average molecular weight is 434 g/mol. The van der Waals surface area contributed by atoms with E-state index < -0.39 is 0 Å². The lowest BCUT2D eigenvalue weighted by Crippen LogP contribution is -2.36. The van der Waals surface area contributed by atoms with E-state index in [-0.39, 0.29) is 17.9 Å². The van der Waals surface area contributed by atoms with Gasteiger partial charge in [0.15, 0.2) is 0 Å². The zero-order valence-electron chi connectivity index (χ0n) is 17.9. The van der Waals surface area contributed by atoms with Crippen LogP contribution in [-0.4, -0.2) is 53.3 Å². The maximum Gasteiger partial charge on any atom is 0.227 e. The van der Waals surface area contributed by atoms with Crippen molar-refractivity contribution in [3.05, 3.63) is 49.1 Å². The van der Waals surface area contributed by atoms with Crippen molar-refractivity contribution >= 4 is 28.3 Å². The van der Waals surface area contributed by atoms with Crippen molar-refractivity contribution in [3.8, 4) is 5.75 Å². The summed E-state index contributed by atoms with van der Waals surface area (Å²) in [6.45, 7) is 3.15. The zero-order chi connectivity index (χ0) is 21.8. The summed E-state index contributed by atoms with van der Waals surface area (Å²) in [4.78, 5) is 27.9. The van der Waals surface area contributed by atoms with E-state index in [2.05, 4.69) is 37.3 Å². The number of nitrogens with zero attached hydrogens (tertiary/aromatic N) is 4. The number of fused-ring (bicyclic) bond motifs is 1. The molecule has 0 radical (unpaired) electrons. The van der Waals surface area contributed by atoms with E-state index in [1.165, 1.54) is 0 Å². The maximum absolute atomic E-state index is 12.6. The molecule has 32 heavy (non-hydrogen) atoms. The van der Waals surface area contributed by atoms with E-state index in [1.807, 2.05) is 0 Å². The number of aromatic nitrogens is 3. The van der Waals surface area contributed by atoms with Crippen LogP contribution in [0.15, 0.2) is 49.1 Å². The molecule has 8 nitrogen and oxygen atoms in total. The van der Waals surface area contributed by atoms with Crippen LogP contribution in [0.3, 0.4) is 0 Å². The van der Waals surface area contributed by atoms with Gasteiger partial charge in [0.1, 0.15) is 11.3 Å². The standard InChI is InChI=1S/C24H27N5O3/c30-24(28-18-5-7-25-8-6-18)17-1-3-20(4-2-17)32-22-16-19(29-11-13-31-14-12-29)15-21-23(22)27-10-9-26-21/h5-10,15-17,20H,1-4,11-14H2,(H,25,28,30)/t17-,20+. The van der Waals surface area contributed by atoms with E-state index in [4.69, 9.17) is 9.47 Å². The van der Waals surface area contributed by atoms with Crippen molar-refractivity contribution in [2.75, 3.05) is 36.5 Å². The Kier molecular flexibility index (Phi) is 6.11. The van der Waals surface area contributed by atoms with Gasteiger partial charge in [0.25, 0.3) is 0 Å². The first-order valence-electron chi connectivity index (χ1n) is 11.2. The molecule has 2 fully saturated rings. The van der Waals surface area contributed by atoms with Crippen LogP contribution in [0.2, 0.25) is 0 Å². The fraction of sp³-hybridized carbons (Fsp3) is 0.417. The second kappa shape index (κ2) is 9.48. The Balaban J connectivity index is 1.26. The number of ether oxygens (including phenoxy) is 2. The van der Waals surface area contributed by atoms with Gasteiger partial charge in [-0.15, -0.1) is 0 Å².